The molecule has 0 amide bonds. The molecule has 2 nitrogen and oxygen atoms in total. The predicted octanol–water partition coefficient (Wildman–Crippen LogP) is 2.33. The molecule has 0 spiro atoms. The van der Waals surface area contributed by atoms with Crippen molar-refractivity contribution in [2.24, 2.45) is 5.41 Å². The second kappa shape index (κ2) is 4.19. The molecule has 2 unspecified atom stereocenters. The molecule has 2 fully saturated rings. The minimum absolute atomic E-state index is 0.442. The van der Waals surface area contributed by atoms with Crippen LogP contribution in [0, 0.1) is 5.41 Å². The molecule has 2 heteroatoms. The van der Waals surface area contributed by atoms with Crippen LogP contribution in [0.4, 0.5) is 0 Å². The molecule has 2 atom stereocenters. The molecule has 0 aromatic rings. The highest BCUT2D eigenvalue weighted by Gasteiger charge is 2.41. The Labute approximate surface area is 87.4 Å². The van der Waals surface area contributed by atoms with E-state index in [0.717, 1.165) is 12.6 Å². The van der Waals surface area contributed by atoms with Crippen molar-refractivity contribution in [1.29, 1.82) is 0 Å². The molecule has 1 heterocycles. The van der Waals surface area contributed by atoms with E-state index in [1.807, 2.05) is 0 Å². The van der Waals surface area contributed by atoms with Crippen molar-refractivity contribution in [1.82, 2.24) is 5.32 Å². The predicted molar refractivity (Wildman–Crippen MR) is 58.4 cm³/mol. The number of ether oxygens (including phenoxy) is 1. The SMILES string of the molecule is CCCC1(CNC2CC2)CCOC1C. The first-order chi connectivity index (χ1) is 6.77. The van der Waals surface area contributed by atoms with Gasteiger partial charge in [-0.15, -0.1) is 0 Å². The summed E-state index contributed by atoms with van der Waals surface area (Å²) in [5, 5.41) is 3.67. The van der Waals surface area contributed by atoms with E-state index >= 15 is 0 Å². The average Bonchev–Trinajstić information content (AvgIpc) is 2.92. The van der Waals surface area contributed by atoms with Crippen molar-refractivity contribution < 1.29 is 4.74 Å². The van der Waals surface area contributed by atoms with Gasteiger partial charge in [-0.2, -0.15) is 0 Å². The van der Waals surface area contributed by atoms with Crippen LogP contribution in [0.3, 0.4) is 0 Å². The van der Waals surface area contributed by atoms with E-state index in [4.69, 9.17) is 4.74 Å². The van der Waals surface area contributed by atoms with Gasteiger partial charge < -0.3 is 10.1 Å². The molecular weight excluding hydrogens is 174 g/mol. The lowest BCUT2D eigenvalue weighted by Gasteiger charge is -2.32. The Hall–Kier alpha value is -0.0800. The molecule has 82 valence electrons. The van der Waals surface area contributed by atoms with Crippen LogP contribution in [0.5, 0.6) is 0 Å². The van der Waals surface area contributed by atoms with Gasteiger partial charge in [0.15, 0.2) is 0 Å². The Kier molecular flexibility index (Phi) is 3.13. The first kappa shape index (κ1) is 10.4. The zero-order valence-corrected chi connectivity index (χ0v) is 9.51. The zero-order chi connectivity index (χ0) is 10.0. The molecule has 1 aliphatic carbocycles. The maximum atomic E-state index is 5.73. The van der Waals surface area contributed by atoms with Crippen molar-refractivity contribution in [2.45, 2.75) is 58.1 Å². The largest absolute Gasteiger partial charge is 0.378 e. The van der Waals surface area contributed by atoms with Crippen LogP contribution in [0.2, 0.25) is 0 Å². The van der Waals surface area contributed by atoms with Gasteiger partial charge in [-0.1, -0.05) is 13.3 Å². The Morgan fingerprint density at radius 1 is 1.43 bits per heavy atom. The third-order valence-electron chi connectivity index (χ3n) is 3.90. The molecule has 0 bridgehead atoms. The molecule has 1 saturated carbocycles. The number of nitrogens with one attached hydrogen (secondary N) is 1. The van der Waals surface area contributed by atoms with Gasteiger partial charge in [0.1, 0.15) is 0 Å². The summed E-state index contributed by atoms with van der Waals surface area (Å²) in [4.78, 5) is 0. The summed E-state index contributed by atoms with van der Waals surface area (Å²) in [5.41, 5.74) is 0.442. The molecule has 0 radical (unpaired) electrons. The highest BCUT2D eigenvalue weighted by molar-refractivity contribution is 4.93. The van der Waals surface area contributed by atoms with Crippen molar-refractivity contribution in [3.05, 3.63) is 0 Å². The van der Waals surface area contributed by atoms with E-state index in [1.54, 1.807) is 0 Å². The van der Waals surface area contributed by atoms with Gasteiger partial charge in [-0.05, 0) is 32.6 Å². The number of hydrogen-bond acceptors (Lipinski definition) is 2. The van der Waals surface area contributed by atoms with Crippen LogP contribution in [-0.2, 0) is 4.74 Å². The van der Waals surface area contributed by atoms with Crippen LogP contribution >= 0.6 is 0 Å². The molecule has 0 aromatic carbocycles. The summed E-state index contributed by atoms with van der Waals surface area (Å²) in [6, 6.07) is 0.830. The second-order valence-electron chi connectivity index (χ2n) is 5.03. The van der Waals surface area contributed by atoms with E-state index in [0.29, 0.717) is 11.5 Å². The van der Waals surface area contributed by atoms with E-state index in [-0.39, 0.29) is 0 Å². The highest BCUT2D eigenvalue weighted by Crippen LogP contribution is 2.39. The monoisotopic (exact) mass is 197 g/mol. The van der Waals surface area contributed by atoms with Crippen molar-refractivity contribution >= 4 is 0 Å². The summed E-state index contributed by atoms with van der Waals surface area (Å²) in [7, 11) is 0. The molecule has 2 rings (SSSR count). The Morgan fingerprint density at radius 3 is 2.71 bits per heavy atom. The summed E-state index contributed by atoms with van der Waals surface area (Å²) < 4.78 is 5.73. The van der Waals surface area contributed by atoms with E-state index in [1.165, 1.54) is 38.6 Å². The third kappa shape index (κ3) is 2.12. The Bertz CT molecular complexity index is 191. The van der Waals surface area contributed by atoms with Crippen LogP contribution in [-0.4, -0.2) is 25.3 Å². The average molecular weight is 197 g/mol. The summed E-state index contributed by atoms with van der Waals surface area (Å²) in [5.74, 6) is 0. The molecule has 1 saturated heterocycles. The molecular formula is C12H23NO. The van der Waals surface area contributed by atoms with Gasteiger partial charge in [-0.3, -0.25) is 0 Å². The van der Waals surface area contributed by atoms with Crippen LogP contribution in [0.25, 0.3) is 0 Å². The van der Waals surface area contributed by atoms with Gasteiger partial charge >= 0.3 is 0 Å². The third-order valence-corrected chi connectivity index (χ3v) is 3.90. The number of hydrogen-bond donors (Lipinski definition) is 1. The maximum Gasteiger partial charge on any atom is 0.0616 e. The van der Waals surface area contributed by atoms with Crippen molar-refractivity contribution in [3.8, 4) is 0 Å². The first-order valence-electron chi connectivity index (χ1n) is 6.12. The molecule has 14 heavy (non-hydrogen) atoms. The number of rotatable bonds is 5. The molecule has 1 N–H and O–H groups in total. The lowest BCUT2D eigenvalue weighted by molar-refractivity contribution is 0.0578. The van der Waals surface area contributed by atoms with Crippen molar-refractivity contribution in [2.75, 3.05) is 13.2 Å². The topological polar surface area (TPSA) is 21.3 Å². The zero-order valence-electron chi connectivity index (χ0n) is 9.51. The minimum atomic E-state index is 0.442. The fourth-order valence-electron chi connectivity index (χ4n) is 2.60. The van der Waals surface area contributed by atoms with Gasteiger partial charge in [0, 0.05) is 24.6 Å². The standard InChI is InChI=1S/C12H23NO/c1-3-6-12(7-8-14-10(12)2)9-13-11-4-5-11/h10-11,13H,3-9H2,1-2H3. The molecule has 2 aliphatic rings. The van der Waals surface area contributed by atoms with E-state index in [2.05, 4.69) is 19.2 Å². The van der Waals surface area contributed by atoms with Gasteiger partial charge in [0.25, 0.3) is 0 Å². The lowest BCUT2D eigenvalue weighted by atomic mass is 9.77. The summed E-state index contributed by atoms with van der Waals surface area (Å²) in [6.07, 6.45) is 7.07. The maximum absolute atomic E-state index is 5.73. The smallest absolute Gasteiger partial charge is 0.0616 e. The van der Waals surface area contributed by atoms with E-state index in [9.17, 15) is 0 Å². The van der Waals surface area contributed by atoms with Gasteiger partial charge in [0.2, 0.25) is 0 Å². The minimum Gasteiger partial charge on any atom is -0.378 e. The molecule has 0 aromatic heterocycles. The fraction of sp³-hybridized carbons (Fsp3) is 1.00. The van der Waals surface area contributed by atoms with Crippen LogP contribution in [0.15, 0.2) is 0 Å². The first-order valence-corrected chi connectivity index (χ1v) is 6.12. The summed E-state index contributed by atoms with van der Waals surface area (Å²) in [6.45, 7) is 6.67. The highest BCUT2D eigenvalue weighted by atomic mass is 16.5. The Balaban J connectivity index is 1.89. The van der Waals surface area contributed by atoms with Crippen molar-refractivity contribution in [3.63, 3.8) is 0 Å². The quantitative estimate of drug-likeness (QED) is 0.730. The summed E-state index contributed by atoms with van der Waals surface area (Å²) >= 11 is 0. The lowest BCUT2D eigenvalue weighted by Crippen LogP contribution is -2.40. The Morgan fingerprint density at radius 2 is 2.21 bits per heavy atom. The second-order valence-corrected chi connectivity index (χ2v) is 5.03. The fourth-order valence-corrected chi connectivity index (χ4v) is 2.60. The van der Waals surface area contributed by atoms with E-state index < -0.39 is 0 Å². The normalized spacial score (nSPS) is 37.7. The van der Waals surface area contributed by atoms with Gasteiger partial charge in [0.05, 0.1) is 6.10 Å². The molecule has 1 aliphatic heterocycles. The van der Waals surface area contributed by atoms with Gasteiger partial charge in [-0.25, -0.2) is 0 Å². The van der Waals surface area contributed by atoms with Crippen LogP contribution < -0.4 is 5.32 Å². The van der Waals surface area contributed by atoms with Crippen LogP contribution in [0.1, 0.15) is 46.0 Å².